The van der Waals surface area contributed by atoms with Crippen molar-refractivity contribution < 1.29 is 14.3 Å². The minimum Gasteiger partial charge on any atom is -0.383 e. The molecule has 0 aliphatic carbocycles. The first kappa shape index (κ1) is 12.1. The van der Waals surface area contributed by atoms with E-state index in [2.05, 4.69) is 10.2 Å². The topological polar surface area (TPSA) is 67.5 Å². The fourth-order valence-corrected chi connectivity index (χ4v) is 2.17. The SMILES string of the molecule is COC[C@@H]1C[C@H](OC)CN1C(=O)c1ccn[nH]1. The van der Waals surface area contributed by atoms with Crippen molar-refractivity contribution in [2.75, 3.05) is 27.4 Å². The number of carbonyl (C=O) groups is 1. The lowest BCUT2D eigenvalue weighted by Crippen LogP contribution is -2.38. The Morgan fingerprint density at radius 2 is 2.47 bits per heavy atom. The summed E-state index contributed by atoms with van der Waals surface area (Å²) in [4.78, 5) is 14.0. The van der Waals surface area contributed by atoms with Crippen LogP contribution in [0.15, 0.2) is 12.3 Å². The lowest BCUT2D eigenvalue weighted by Gasteiger charge is -2.22. The van der Waals surface area contributed by atoms with E-state index >= 15 is 0 Å². The molecule has 0 saturated carbocycles. The molecule has 1 aliphatic heterocycles. The van der Waals surface area contributed by atoms with Gasteiger partial charge in [-0.1, -0.05) is 0 Å². The van der Waals surface area contributed by atoms with E-state index in [4.69, 9.17) is 9.47 Å². The molecule has 94 valence electrons. The predicted molar refractivity (Wildman–Crippen MR) is 60.7 cm³/mol. The summed E-state index contributed by atoms with van der Waals surface area (Å²) in [5.41, 5.74) is 0.503. The van der Waals surface area contributed by atoms with Crippen LogP contribution in [-0.2, 0) is 9.47 Å². The number of nitrogens with zero attached hydrogens (tertiary/aromatic N) is 2. The zero-order valence-electron chi connectivity index (χ0n) is 10.0. The van der Waals surface area contributed by atoms with Gasteiger partial charge in [-0.25, -0.2) is 0 Å². The highest BCUT2D eigenvalue weighted by molar-refractivity contribution is 5.92. The Bertz CT molecular complexity index is 366. The van der Waals surface area contributed by atoms with Crippen molar-refractivity contribution in [3.8, 4) is 0 Å². The Morgan fingerprint density at radius 1 is 1.65 bits per heavy atom. The van der Waals surface area contributed by atoms with Crippen LogP contribution in [0, 0.1) is 0 Å². The van der Waals surface area contributed by atoms with Crippen LogP contribution in [0.1, 0.15) is 16.9 Å². The third kappa shape index (κ3) is 2.48. The van der Waals surface area contributed by atoms with Crippen LogP contribution in [0.2, 0.25) is 0 Å². The Hall–Kier alpha value is -1.40. The van der Waals surface area contributed by atoms with Gasteiger partial charge < -0.3 is 14.4 Å². The third-order valence-electron chi connectivity index (χ3n) is 3.06. The second-order valence-corrected chi connectivity index (χ2v) is 4.13. The van der Waals surface area contributed by atoms with Crippen LogP contribution in [0.3, 0.4) is 0 Å². The molecule has 1 N–H and O–H groups in total. The molecule has 1 fully saturated rings. The molecule has 17 heavy (non-hydrogen) atoms. The monoisotopic (exact) mass is 239 g/mol. The number of nitrogens with one attached hydrogen (secondary N) is 1. The lowest BCUT2D eigenvalue weighted by atomic mass is 10.2. The van der Waals surface area contributed by atoms with E-state index in [1.54, 1.807) is 31.4 Å². The molecule has 2 heterocycles. The van der Waals surface area contributed by atoms with Crippen molar-refractivity contribution in [3.05, 3.63) is 18.0 Å². The number of aromatic nitrogens is 2. The Labute approximate surface area is 99.9 Å². The van der Waals surface area contributed by atoms with E-state index in [0.717, 1.165) is 6.42 Å². The molecule has 6 heteroatoms. The Kier molecular flexibility index (Phi) is 3.75. The van der Waals surface area contributed by atoms with Crippen molar-refractivity contribution in [3.63, 3.8) is 0 Å². The van der Waals surface area contributed by atoms with E-state index < -0.39 is 0 Å². The standard InChI is InChI=1S/C11H17N3O3/c1-16-7-8-5-9(17-2)6-14(8)11(15)10-3-4-12-13-10/h3-4,8-9H,5-7H2,1-2H3,(H,12,13)/t8-,9-/m0/s1. The summed E-state index contributed by atoms with van der Waals surface area (Å²) in [6, 6.07) is 1.74. The molecule has 0 radical (unpaired) electrons. The molecular weight excluding hydrogens is 222 g/mol. The van der Waals surface area contributed by atoms with Gasteiger partial charge in [-0.15, -0.1) is 0 Å². The van der Waals surface area contributed by atoms with E-state index in [0.29, 0.717) is 18.8 Å². The number of amides is 1. The first-order chi connectivity index (χ1) is 8.26. The van der Waals surface area contributed by atoms with Crippen LogP contribution in [-0.4, -0.2) is 60.5 Å². The number of hydrogen-bond donors (Lipinski definition) is 1. The number of aromatic amines is 1. The highest BCUT2D eigenvalue weighted by Gasteiger charge is 2.36. The summed E-state index contributed by atoms with van der Waals surface area (Å²) in [5.74, 6) is -0.0518. The number of rotatable bonds is 4. The van der Waals surface area contributed by atoms with Crippen LogP contribution in [0.25, 0.3) is 0 Å². The Morgan fingerprint density at radius 3 is 3.06 bits per heavy atom. The summed E-state index contributed by atoms with van der Waals surface area (Å²) >= 11 is 0. The summed E-state index contributed by atoms with van der Waals surface area (Å²) in [6.45, 7) is 1.13. The fourth-order valence-electron chi connectivity index (χ4n) is 2.17. The van der Waals surface area contributed by atoms with Gasteiger partial charge >= 0.3 is 0 Å². The van der Waals surface area contributed by atoms with Crippen LogP contribution >= 0.6 is 0 Å². The molecule has 1 aromatic heterocycles. The van der Waals surface area contributed by atoms with Gasteiger partial charge in [0.05, 0.1) is 18.8 Å². The van der Waals surface area contributed by atoms with E-state index in [1.165, 1.54) is 0 Å². The molecule has 1 amide bonds. The number of carbonyl (C=O) groups excluding carboxylic acids is 1. The fraction of sp³-hybridized carbons (Fsp3) is 0.636. The molecule has 2 atom stereocenters. The summed E-state index contributed by atoms with van der Waals surface area (Å²) < 4.78 is 10.5. The first-order valence-electron chi connectivity index (χ1n) is 5.58. The maximum absolute atomic E-state index is 12.2. The van der Waals surface area contributed by atoms with Crippen LogP contribution < -0.4 is 0 Å². The quantitative estimate of drug-likeness (QED) is 0.819. The van der Waals surface area contributed by atoms with Crippen molar-refractivity contribution in [1.82, 2.24) is 15.1 Å². The van der Waals surface area contributed by atoms with Crippen molar-refractivity contribution >= 4 is 5.91 Å². The average Bonchev–Trinajstić information content (AvgIpc) is 2.97. The number of ether oxygens (including phenoxy) is 2. The molecule has 2 rings (SSSR count). The molecule has 1 saturated heterocycles. The zero-order chi connectivity index (χ0) is 12.3. The number of methoxy groups -OCH3 is 2. The minimum atomic E-state index is -0.0518. The maximum atomic E-state index is 12.2. The zero-order valence-corrected chi connectivity index (χ0v) is 10.0. The lowest BCUT2D eigenvalue weighted by molar-refractivity contribution is 0.0606. The van der Waals surface area contributed by atoms with Crippen LogP contribution in [0.4, 0.5) is 0 Å². The Balaban J connectivity index is 2.09. The second-order valence-electron chi connectivity index (χ2n) is 4.13. The van der Waals surface area contributed by atoms with E-state index in [1.807, 2.05) is 0 Å². The maximum Gasteiger partial charge on any atom is 0.272 e. The normalized spacial score (nSPS) is 24.2. The number of likely N-dealkylation sites (tertiary alicyclic amines) is 1. The van der Waals surface area contributed by atoms with Gasteiger partial charge in [-0.05, 0) is 12.5 Å². The van der Waals surface area contributed by atoms with Crippen molar-refractivity contribution in [2.45, 2.75) is 18.6 Å². The average molecular weight is 239 g/mol. The van der Waals surface area contributed by atoms with E-state index in [9.17, 15) is 4.79 Å². The molecule has 0 bridgehead atoms. The van der Waals surface area contributed by atoms with Gasteiger partial charge in [0.25, 0.3) is 5.91 Å². The highest BCUT2D eigenvalue weighted by atomic mass is 16.5. The third-order valence-corrected chi connectivity index (χ3v) is 3.06. The molecule has 6 nitrogen and oxygen atoms in total. The van der Waals surface area contributed by atoms with Gasteiger partial charge in [0.1, 0.15) is 5.69 Å². The number of hydrogen-bond acceptors (Lipinski definition) is 4. The van der Waals surface area contributed by atoms with Gasteiger partial charge in [0, 0.05) is 27.0 Å². The second kappa shape index (κ2) is 5.29. The molecular formula is C11H17N3O3. The number of H-pyrrole nitrogens is 1. The smallest absolute Gasteiger partial charge is 0.272 e. The minimum absolute atomic E-state index is 0.0518. The van der Waals surface area contributed by atoms with Crippen LogP contribution in [0.5, 0.6) is 0 Å². The highest BCUT2D eigenvalue weighted by Crippen LogP contribution is 2.22. The largest absolute Gasteiger partial charge is 0.383 e. The van der Waals surface area contributed by atoms with Gasteiger partial charge in [0.2, 0.25) is 0 Å². The van der Waals surface area contributed by atoms with E-state index in [-0.39, 0.29) is 18.1 Å². The molecule has 1 aromatic rings. The predicted octanol–water partition coefficient (Wildman–Crippen LogP) is 0.286. The molecule has 0 spiro atoms. The summed E-state index contributed by atoms with van der Waals surface area (Å²) in [7, 11) is 3.30. The van der Waals surface area contributed by atoms with Gasteiger partial charge in [0.15, 0.2) is 0 Å². The molecule has 1 aliphatic rings. The first-order valence-corrected chi connectivity index (χ1v) is 5.58. The summed E-state index contributed by atoms with van der Waals surface area (Å²) in [5, 5.41) is 6.48. The van der Waals surface area contributed by atoms with Gasteiger partial charge in [-0.3, -0.25) is 9.89 Å². The van der Waals surface area contributed by atoms with Gasteiger partial charge in [-0.2, -0.15) is 5.10 Å². The van der Waals surface area contributed by atoms with Crippen molar-refractivity contribution in [2.24, 2.45) is 0 Å². The summed E-state index contributed by atoms with van der Waals surface area (Å²) in [6.07, 6.45) is 2.47. The molecule has 0 aromatic carbocycles. The molecule has 0 unspecified atom stereocenters. The van der Waals surface area contributed by atoms with Crippen molar-refractivity contribution in [1.29, 1.82) is 0 Å².